The summed E-state index contributed by atoms with van der Waals surface area (Å²) in [5.74, 6) is 1.36. The smallest absolute Gasteiger partial charge is 0.140 e. The summed E-state index contributed by atoms with van der Waals surface area (Å²) >= 11 is 0. The van der Waals surface area contributed by atoms with Gasteiger partial charge in [-0.05, 0) is 41.3 Å². The standard InChI is InChI=1S/C17H18O2/c1-19-15-9-8-12-6-7-13(10-14(12)11-15)16-4-2-3-5-17(16)18/h6-11,16H,2-5H2,1H3. The van der Waals surface area contributed by atoms with Gasteiger partial charge in [0.25, 0.3) is 0 Å². The Bertz CT molecular complexity index is 616. The van der Waals surface area contributed by atoms with Crippen molar-refractivity contribution in [3.63, 3.8) is 0 Å². The van der Waals surface area contributed by atoms with Crippen LogP contribution in [0.25, 0.3) is 10.8 Å². The van der Waals surface area contributed by atoms with Crippen molar-refractivity contribution >= 4 is 16.6 Å². The first-order valence-corrected chi connectivity index (χ1v) is 6.88. The molecule has 1 aliphatic rings. The van der Waals surface area contributed by atoms with Crippen LogP contribution in [0.5, 0.6) is 5.75 Å². The van der Waals surface area contributed by atoms with E-state index in [1.807, 2.05) is 12.1 Å². The fourth-order valence-corrected chi connectivity index (χ4v) is 2.92. The van der Waals surface area contributed by atoms with Crippen molar-refractivity contribution < 1.29 is 9.53 Å². The van der Waals surface area contributed by atoms with Gasteiger partial charge in [0.15, 0.2) is 0 Å². The fraction of sp³-hybridized carbons (Fsp3) is 0.353. The van der Waals surface area contributed by atoms with Crippen LogP contribution < -0.4 is 4.74 Å². The summed E-state index contributed by atoms with van der Waals surface area (Å²) in [7, 11) is 1.68. The summed E-state index contributed by atoms with van der Waals surface area (Å²) in [5.41, 5.74) is 1.16. The maximum atomic E-state index is 12.0. The second-order valence-electron chi connectivity index (χ2n) is 5.24. The van der Waals surface area contributed by atoms with Gasteiger partial charge in [0.1, 0.15) is 11.5 Å². The van der Waals surface area contributed by atoms with E-state index in [2.05, 4.69) is 24.3 Å². The van der Waals surface area contributed by atoms with Crippen molar-refractivity contribution in [3.05, 3.63) is 42.0 Å². The average Bonchev–Trinajstić information content (AvgIpc) is 2.46. The molecular weight excluding hydrogens is 236 g/mol. The molecule has 0 spiro atoms. The second-order valence-corrected chi connectivity index (χ2v) is 5.24. The third kappa shape index (κ3) is 2.35. The molecule has 2 aromatic rings. The molecule has 19 heavy (non-hydrogen) atoms. The van der Waals surface area contributed by atoms with Crippen LogP contribution in [0.1, 0.15) is 37.2 Å². The summed E-state index contributed by atoms with van der Waals surface area (Å²) in [5, 5.41) is 2.34. The minimum absolute atomic E-state index is 0.101. The molecular formula is C17H18O2. The Morgan fingerprint density at radius 3 is 2.68 bits per heavy atom. The number of carbonyl (C=O) groups is 1. The predicted octanol–water partition coefficient (Wildman–Crippen LogP) is 4.08. The largest absolute Gasteiger partial charge is 0.497 e. The van der Waals surface area contributed by atoms with Crippen LogP contribution in [0.15, 0.2) is 36.4 Å². The number of methoxy groups -OCH3 is 1. The zero-order chi connectivity index (χ0) is 13.2. The van der Waals surface area contributed by atoms with E-state index in [-0.39, 0.29) is 5.92 Å². The van der Waals surface area contributed by atoms with E-state index < -0.39 is 0 Å². The van der Waals surface area contributed by atoms with Crippen molar-refractivity contribution in [1.82, 2.24) is 0 Å². The molecule has 0 aliphatic heterocycles. The van der Waals surface area contributed by atoms with E-state index in [0.29, 0.717) is 5.78 Å². The number of fused-ring (bicyclic) bond motifs is 1. The Hall–Kier alpha value is -1.83. The third-order valence-electron chi connectivity index (χ3n) is 4.03. The highest BCUT2D eigenvalue weighted by atomic mass is 16.5. The molecule has 0 radical (unpaired) electrons. The molecule has 1 unspecified atom stereocenters. The normalized spacial score (nSPS) is 19.6. The number of rotatable bonds is 2. The lowest BCUT2D eigenvalue weighted by Gasteiger charge is -2.21. The molecule has 3 rings (SSSR count). The third-order valence-corrected chi connectivity index (χ3v) is 4.03. The molecule has 2 aromatic carbocycles. The molecule has 1 atom stereocenters. The van der Waals surface area contributed by atoms with Gasteiger partial charge in [0, 0.05) is 12.3 Å². The molecule has 1 saturated carbocycles. The molecule has 1 aliphatic carbocycles. The molecule has 0 heterocycles. The Labute approximate surface area is 113 Å². The highest BCUT2D eigenvalue weighted by Gasteiger charge is 2.23. The van der Waals surface area contributed by atoms with E-state index in [0.717, 1.165) is 42.4 Å². The van der Waals surface area contributed by atoms with Gasteiger partial charge in [-0.3, -0.25) is 4.79 Å². The molecule has 0 aromatic heterocycles. The number of hydrogen-bond donors (Lipinski definition) is 0. The van der Waals surface area contributed by atoms with Gasteiger partial charge in [-0.1, -0.05) is 30.7 Å². The number of ketones is 1. The Balaban J connectivity index is 2.02. The summed E-state index contributed by atoms with van der Waals surface area (Å²) in [6.45, 7) is 0. The van der Waals surface area contributed by atoms with Crippen molar-refractivity contribution in [2.45, 2.75) is 31.6 Å². The van der Waals surface area contributed by atoms with Crippen LogP contribution in [0.2, 0.25) is 0 Å². The molecule has 0 saturated heterocycles. The maximum Gasteiger partial charge on any atom is 0.140 e. The lowest BCUT2D eigenvalue weighted by atomic mass is 9.82. The SMILES string of the molecule is COc1ccc2ccc(C3CCCCC3=O)cc2c1. The van der Waals surface area contributed by atoms with Crippen LogP contribution in [-0.2, 0) is 4.79 Å². The monoisotopic (exact) mass is 254 g/mol. The first-order valence-electron chi connectivity index (χ1n) is 6.88. The van der Waals surface area contributed by atoms with Crippen LogP contribution in [0, 0.1) is 0 Å². The number of hydrogen-bond acceptors (Lipinski definition) is 2. The topological polar surface area (TPSA) is 26.3 Å². The summed E-state index contributed by atoms with van der Waals surface area (Å²) in [4.78, 5) is 12.0. The van der Waals surface area contributed by atoms with E-state index in [1.54, 1.807) is 7.11 Å². The first kappa shape index (κ1) is 12.2. The second kappa shape index (κ2) is 5.04. The van der Waals surface area contributed by atoms with Gasteiger partial charge in [-0.25, -0.2) is 0 Å². The number of Topliss-reactive ketones (excluding diaryl/α,β-unsaturated/α-hetero) is 1. The van der Waals surface area contributed by atoms with E-state index in [1.165, 1.54) is 5.39 Å². The Morgan fingerprint density at radius 1 is 1.05 bits per heavy atom. The molecule has 0 amide bonds. The van der Waals surface area contributed by atoms with Crippen LogP contribution in [-0.4, -0.2) is 12.9 Å². The van der Waals surface area contributed by atoms with E-state index >= 15 is 0 Å². The van der Waals surface area contributed by atoms with E-state index in [9.17, 15) is 4.79 Å². The molecule has 2 heteroatoms. The van der Waals surface area contributed by atoms with Crippen molar-refractivity contribution in [2.75, 3.05) is 7.11 Å². The van der Waals surface area contributed by atoms with Gasteiger partial charge in [-0.2, -0.15) is 0 Å². The van der Waals surface area contributed by atoms with Crippen LogP contribution in [0.3, 0.4) is 0 Å². The molecule has 1 fully saturated rings. The Morgan fingerprint density at radius 2 is 1.89 bits per heavy atom. The average molecular weight is 254 g/mol. The number of benzene rings is 2. The molecule has 0 N–H and O–H groups in total. The van der Waals surface area contributed by atoms with Crippen LogP contribution >= 0.6 is 0 Å². The molecule has 2 nitrogen and oxygen atoms in total. The minimum atomic E-state index is 0.101. The fourth-order valence-electron chi connectivity index (χ4n) is 2.92. The van der Waals surface area contributed by atoms with Gasteiger partial charge in [-0.15, -0.1) is 0 Å². The zero-order valence-electron chi connectivity index (χ0n) is 11.2. The summed E-state index contributed by atoms with van der Waals surface area (Å²) in [6.07, 6.45) is 3.94. The maximum absolute atomic E-state index is 12.0. The summed E-state index contributed by atoms with van der Waals surface area (Å²) in [6, 6.07) is 12.4. The summed E-state index contributed by atoms with van der Waals surface area (Å²) < 4.78 is 5.26. The quantitative estimate of drug-likeness (QED) is 0.807. The number of carbonyl (C=O) groups excluding carboxylic acids is 1. The van der Waals surface area contributed by atoms with Crippen molar-refractivity contribution in [3.8, 4) is 5.75 Å². The van der Waals surface area contributed by atoms with Gasteiger partial charge in [0.05, 0.1) is 7.11 Å². The van der Waals surface area contributed by atoms with E-state index in [4.69, 9.17) is 4.74 Å². The minimum Gasteiger partial charge on any atom is -0.497 e. The molecule has 0 bridgehead atoms. The first-order chi connectivity index (χ1) is 9.28. The molecule has 98 valence electrons. The highest BCUT2D eigenvalue weighted by Crippen LogP contribution is 2.32. The predicted molar refractivity (Wildman–Crippen MR) is 76.7 cm³/mol. The van der Waals surface area contributed by atoms with Crippen molar-refractivity contribution in [1.29, 1.82) is 0 Å². The van der Waals surface area contributed by atoms with Crippen LogP contribution in [0.4, 0.5) is 0 Å². The Kier molecular flexibility index (Phi) is 3.24. The van der Waals surface area contributed by atoms with Gasteiger partial charge < -0.3 is 4.74 Å². The zero-order valence-corrected chi connectivity index (χ0v) is 11.2. The van der Waals surface area contributed by atoms with Crippen molar-refractivity contribution in [2.24, 2.45) is 0 Å². The number of ether oxygens (including phenoxy) is 1. The highest BCUT2D eigenvalue weighted by molar-refractivity contribution is 5.89. The van der Waals surface area contributed by atoms with Gasteiger partial charge >= 0.3 is 0 Å². The lowest BCUT2D eigenvalue weighted by Crippen LogP contribution is -2.16. The van der Waals surface area contributed by atoms with Gasteiger partial charge in [0.2, 0.25) is 0 Å². The lowest BCUT2D eigenvalue weighted by molar-refractivity contribution is -0.121.